The molecule has 0 spiro atoms. The predicted molar refractivity (Wildman–Crippen MR) is 67.2 cm³/mol. The molecule has 0 saturated heterocycles. The molecule has 2 aromatic carbocycles. The molecule has 0 radical (unpaired) electrons. The van der Waals surface area contributed by atoms with Gasteiger partial charge in [0.05, 0.1) is 6.54 Å². The molecule has 4 heteroatoms. The molecule has 0 saturated carbocycles. The lowest BCUT2D eigenvalue weighted by Crippen LogP contribution is -2.13. The third kappa shape index (κ3) is 2.91. The standard InChI is InChI=1S/C14H12F2N2/c15-12-7-6-11(13(16)8-12)9-18-14(17)10-4-2-1-3-5-10/h1-8H,9H2,(H2,17,18). The van der Waals surface area contributed by atoms with E-state index in [0.717, 1.165) is 11.6 Å². The molecule has 0 aliphatic heterocycles. The van der Waals surface area contributed by atoms with Crippen molar-refractivity contribution in [1.82, 2.24) is 0 Å². The number of hydrogen-bond acceptors (Lipinski definition) is 1. The Kier molecular flexibility index (Phi) is 3.67. The molecule has 0 aliphatic rings. The van der Waals surface area contributed by atoms with Crippen molar-refractivity contribution in [1.29, 1.82) is 0 Å². The molecule has 0 unspecified atom stereocenters. The van der Waals surface area contributed by atoms with E-state index in [-0.39, 0.29) is 6.54 Å². The summed E-state index contributed by atoms with van der Waals surface area (Å²) in [6, 6.07) is 12.6. The average molecular weight is 246 g/mol. The zero-order valence-corrected chi connectivity index (χ0v) is 9.61. The van der Waals surface area contributed by atoms with Crippen LogP contribution in [-0.2, 0) is 6.54 Å². The number of aliphatic imine (C=N–C) groups is 1. The highest BCUT2D eigenvalue weighted by Crippen LogP contribution is 2.11. The Morgan fingerprint density at radius 1 is 1.06 bits per heavy atom. The number of halogens is 2. The fourth-order valence-electron chi connectivity index (χ4n) is 1.52. The van der Waals surface area contributed by atoms with Crippen LogP contribution in [0.15, 0.2) is 53.5 Å². The molecule has 0 bridgehead atoms. The molecule has 0 amide bonds. The summed E-state index contributed by atoms with van der Waals surface area (Å²) in [7, 11) is 0. The van der Waals surface area contributed by atoms with Crippen LogP contribution in [0.2, 0.25) is 0 Å². The molecular formula is C14H12F2N2. The maximum absolute atomic E-state index is 13.4. The van der Waals surface area contributed by atoms with E-state index < -0.39 is 11.6 Å². The first kappa shape index (κ1) is 12.2. The topological polar surface area (TPSA) is 38.4 Å². The van der Waals surface area contributed by atoms with Crippen molar-refractivity contribution in [3.8, 4) is 0 Å². The van der Waals surface area contributed by atoms with E-state index in [9.17, 15) is 8.78 Å². The lowest BCUT2D eigenvalue weighted by Gasteiger charge is -2.02. The first-order chi connectivity index (χ1) is 8.66. The van der Waals surface area contributed by atoms with Crippen LogP contribution in [0.5, 0.6) is 0 Å². The minimum Gasteiger partial charge on any atom is -0.383 e. The number of nitrogens with two attached hydrogens (primary N) is 1. The highest BCUT2D eigenvalue weighted by Gasteiger charge is 2.03. The van der Waals surface area contributed by atoms with Gasteiger partial charge >= 0.3 is 0 Å². The Bertz CT molecular complexity index is 565. The second-order valence-electron chi connectivity index (χ2n) is 3.80. The Morgan fingerprint density at radius 2 is 1.78 bits per heavy atom. The van der Waals surface area contributed by atoms with Crippen LogP contribution in [0.3, 0.4) is 0 Å². The molecule has 0 atom stereocenters. The zero-order chi connectivity index (χ0) is 13.0. The summed E-state index contributed by atoms with van der Waals surface area (Å²) < 4.78 is 26.1. The van der Waals surface area contributed by atoms with E-state index in [1.165, 1.54) is 12.1 Å². The highest BCUT2D eigenvalue weighted by atomic mass is 19.1. The van der Waals surface area contributed by atoms with Gasteiger partial charge in [-0.3, -0.25) is 4.99 Å². The van der Waals surface area contributed by atoms with Gasteiger partial charge in [0, 0.05) is 17.2 Å². The minimum absolute atomic E-state index is 0.0901. The normalized spacial score (nSPS) is 11.6. The largest absolute Gasteiger partial charge is 0.383 e. The fraction of sp³-hybridized carbons (Fsp3) is 0.0714. The van der Waals surface area contributed by atoms with Gasteiger partial charge in [0.25, 0.3) is 0 Å². The number of benzene rings is 2. The predicted octanol–water partition coefficient (Wildman–Crippen LogP) is 2.87. The van der Waals surface area contributed by atoms with Gasteiger partial charge < -0.3 is 5.73 Å². The number of amidine groups is 1. The van der Waals surface area contributed by atoms with Crippen LogP contribution in [0, 0.1) is 11.6 Å². The summed E-state index contributed by atoms with van der Waals surface area (Å²) in [5.74, 6) is -0.879. The van der Waals surface area contributed by atoms with Crippen molar-refractivity contribution < 1.29 is 8.78 Å². The molecule has 0 aromatic heterocycles. The van der Waals surface area contributed by atoms with Crippen LogP contribution in [0.1, 0.15) is 11.1 Å². The lowest BCUT2D eigenvalue weighted by atomic mass is 10.2. The van der Waals surface area contributed by atoms with Crippen molar-refractivity contribution in [3.63, 3.8) is 0 Å². The quantitative estimate of drug-likeness (QED) is 0.656. The van der Waals surface area contributed by atoms with E-state index >= 15 is 0 Å². The summed E-state index contributed by atoms with van der Waals surface area (Å²) in [6.07, 6.45) is 0. The molecule has 0 aliphatic carbocycles. The number of rotatable bonds is 3. The SMILES string of the molecule is NC(=NCc1ccc(F)cc1F)c1ccccc1. The van der Waals surface area contributed by atoms with Gasteiger partial charge in [-0.2, -0.15) is 0 Å². The Labute approximate surface area is 104 Å². The first-order valence-electron chi connectivity index (χ1n) is 5.46. The van der Waals surface area contributed by atoms with Crippen LogP contribution in [0.25, 0.3) is 0 Å². The van der Waals surface area contributed by atoms with Crippen LogP contribution < -0.4 is 5.73 Å². The van der Waals surface area contributed by atoms with Crippen molar-refractivity contribution >= 4 is 5.84 Å². The molecule has 2 nitrogen and oxygen atoms in total. The molecule has 2 aromatic rings. The number of hydrogen-bond donors (Lipinski definition) is 1. The summed E-state index contributed by atoms with van der Waals surface area (Å²) in [6.45, 7) is 0.0901. The third-order valence-corrected chi connectivity index (χ3v) is 2.50. The van der Waals surface area contributed by atoms with Gasteiger partial charge in [-0.25, -0.2) is 8.78 Å². The summed E-state index contributed by atoms with van der Waals surface area (Å²) >= 11 is 0. The van der Waals surface area contributed by atoms with E-state index in [2.05, 4.69) is 4.99 Å². The first-order valence-corrected chi connectivity index (χ1v) is 5.46. The monoisotopic (exact) mass is 246 g/mol. The second-order valence-corrected chi connectivity index (χ2v) is 3.80. The van der Waals surface area contributed by atoms with Crippen LogP contribution in [0.4, 0.5) is 8.78 Å². The fourth-order valence-corrected chi connectivity index (χ4v) is 1.52. The van der Waals surface area contributed by atoms with Crippen molar-refractivity contribution in [2.45, 2.75) is 6.54 Å². The van der Waals surface area contributed by atoms with Gasteiger partial charge in [-0.05, 0) is 6.07 Å². The maximum Gasteiger partial charge on any atom is 0.131 e. The van der Waals surface area contributed by atoms with Crippen LogP contribution >= 0.6 is 0 Å². The summed E-state index contributed by atoms with van der Waals surface area (Å²) in [5, 5.41) is 0. The number of nitrogens with zero attached hydrogens (tertiary/aromatic N) is 1. The molecular weight excluding hydrogens is 234 g/mol. The Balaban J connectivity index is 2.15. The van der Waals surface area contributed by atoms with Crippen molar-refractivity contribution in [2.75, 3.05) is 0 Å². The average Bonchev–Trinajstić information content (AvgIpc) is 2.38. The van der Waals surface area contributed by atoms with E-state index in [1.54, 1.807) is 0 Å². The molecule has 2 rings (SSSR count). The molecule has 0 fully saturated rings. The minimum atomic E-state index is -0.611. The van der Waals surface area contributed by atoms with Gasteiger partial charge in [-0.1, -0.05) is 36.4 Å². The Hall–Kier alpha value is -2.23. The zero-order valence-electron chi connectivity index (χ0n) is 9.61. The summed E-state index contributed by atoms with van der Waals surface area (Å²) in [4.78, 5) is 4.09. The van der Waals surface area contributed by atoms with E-state index in [4.69, 9.17) is 5.73 Å². The molecule has 18 heavy (non-hydrogen) atoms. The second kappa shape index (κ2) is 5.40. The molecule has 2 N–H and O–H groups in total. The molecule has 0 heterocycles. The lowest BCUT2D eigenvalue weighted by molar-refractivity contribution is 0.572. The van der Waals surface area contributed by atoms with Gasteiger partial charge in [0.1, 0.15) is 17.5 Å². The van der Waals surface area contributed by atoms with E-state index in [1.807, 2.05) is 30.3 Å². The molecule has 92 valence electrons. The maximum atomic E-state index is 13.4. The van der Waals surface area contributed by atoms with Crippen molar-refractivity contribution in [2.24, 2.45) is 10.7 Å². The third-order valence-electron chi connectivity index (χ3n) is 2.50. The van der Waals surface area contributed by atoms with Gasteiger partial charge in [-0.15, -0.1) is 0 Å². The van der Waals surface area contributed by atoms with Gasteiger partial charge in [0.15, 0.2) is 0 Å². The Morgan fingerprint density at radius 3 is 2.44 bits per heavy atom. The van der Waals surface area contributed by atoms with E-state index in [0.29, 0.717) is 11.4 Å². The highest BCUT2D eigenvalue weighted by molar-refractivity contribution is 5.97. The van der Waals surface area contributed by atoms with Crippen molar-refractivity contribution in [3.05, 3.63) is 71.3 Å². The van der Waals surface area contributed by atoms with Gasteiger partial charge in [0.2, 0.25) is 0 Å². The van der Waals surface area contributed by atoms with Crippen LogP contribution in [-0.4, -0.2) is 5.84 Å². The summed E-state index contributed by atoms with van der Waals surface area (Å²) in [5.41, 5.74) is 6.87. The smallest absolute Gasteiger partial charge is 0.131 e.